The summed E-state index contributed by atoms with van der Waals surface area (Å²) >= 11 is 1.90. The first kappa shape index (κ1) is 31.2. The molecule has 0 spiro atoms. The van der Waals surface area contributed by atoms with E-state index in [1.165, 1.54) is 69.8 Å². The molecule has 0 radical (unpaired) electrons. The first-order chi connectivity index (χ1) is 26.5. The van der Waals surface area contributed by atoms with E-state index in [2.05, 4.69) is 182 Å². The average Bonchev–Trinajstić information content (AvgIpc) is 3.86. The number of allylic oxidation sites excluding steroid dienone is 4. The predicted molar refractivity (Wildman–Crippen MR) is 230 cm³/mol. The highest BCUT2D eigenvalue weighted by molar-refractivity contribution is 7.26. The van der Waals surface area contributed by atoms with E-state index in [1.807, 2.05) is 11.3 Å². The van der Waals surface area contributed by atoms with E-state index in [4.69, 9.17) is 9.97 Å². The molecule has 0 amide bonds. The van der Waals surface area contributed by atoms with Gasteiger partial charge in [-0.1, -0.05) is 105 Å². The molecule has 0 N–H and O–H groups in total. The molecule has 4 nitrogen and oxygen atoms in total. The minimum absolute atomic E-state index is 0.227. The van der Waals surface area contributed by atoms with Gasteiger partial charge in [0.2, 0.25) is 0 Å². The van der Waals surface area contributed by atoms with Gasteiger partial charge in [0.25, 0.3) is 0 Å². The van der Waals surface area contributed by atoms with Gasteiger partial charge in [0.15, 0.2) is 5.82 Å². The lowest BCUT2D eigenvalue weighted by Crippen LogP contribution is -2.26. The van der Waals surface area contributed by atoms with Crippen LogP contribution in [0.15, 0.2) is 146 Å². The summed E-state index contributed by atoms with van der Waals surface area (Å²) in [6, 6.07) is 46.4. The monoisotopic (exact) mass is 712 g/mol. The number of rotatable bonds is 4. The zero-order chi connectivity index (χ0) is 36.3. The van der Waals surface area contributed by atoms with Crippen LogP contribution in [0.25, 0.3) is 97.9 Å². The fourth-order valence-electron chi connectivity index (χ4n) is 9.07. The molecular weight excluding hydrogens is 677 g/mol. The Hall–Kier alpha value is -6.30. The molecule has 0 saturated heterocycles. The number of hydrogen-bond donors (Lipinski definition) is 0. The molecule has 0 bridgehead atoms. The van der Waals surface area contributed by atoms with Crippen molar-refractivity contribution in [2.75, 3.05) is 0 Å². The zero-order valence-corrected chi connectivity index (χ0v) is 31.4. The van der Waals surface area contributed by atoms with Crippen molar-refractivity contribution in [3.05, 3.63) is 157 Å². The summed E-state index contributed by atoms with van der Waals surface area (Å²) in [4.78, 5) is 10.6. The molecule has 258 valence electrons. The highest BCUT2D eigenvalue weighted by Gasteiger charge is 2.36. The third-order valence-corrected chi connectivity index (χ3v) is 12.8. The van der Waals surface area contributed by atoms with Crippen molar-refractivity contribution in [3.63, 3.8) is 0 Å². The van der Waals surface area contributed by atoms with Crippen molar-refractivity contribution in [1.29, 1.82) is 0 Å². The van der Waals surface area contributed by atoms with Crippen molar-refractivity contribution in [2.45, 2.75) is 33.1 Å². The summed E-state index contributed by atoms with van der Waals surface area (Å²) in [7, 11) is 0. The van der Waals surface area contributed by atoms with E-state index in [-0.39, 0.29) is 5.41 Å². The molecule has 0 unspecified atom stereocenters. The Morgan fingerprint density at radius 3 is 2.22 bits per heavy atom. The fraction of sp³-hybridized carbons (Fsp3) is 0.102. The van der Waals surface area contributed by atoms with Crippen LogP contribution in [0.4, 0.5) is 0 Å². The summed E-state index contributed by atoms with van der Waals surface area (Å²) in [5.74, 6) is 0.733. The van der Waals surface area contributed by atoms with E-state index >= 15 is 0 Å². The maximum absolute atomic E-state index is 5.42. The van der Waals surface area contributed by atoms with Gasteiger partial charge in [0, 0.05) is 53.9 Å². The molecule has 0 atom stereocenters. The van der Waals surface area contributed by atoms with Gasteiger partial charge in [-0.2, -0.15) is 0 Å². The summed E-state index contributed by atoms with van der Waals surface area (Å²) in [5.41, 5.74) is 13.7. The summed E-state index contributed by atoms with van der Waals surface area (Å²) in [6.45, 7) is 8.89. The Labute approximate surface area is 317 Å². The second-order valence-corrected chi connectivity index (χ2v) is 15.9. The minimum Gasteiger partial charge on any atom is -0.310 e. The highest BCUT2D eigenvalue weighted by Crippen LogP contribution is 2.51. The number of benzene rings is 6. The van der Waals surface area contributed by atoms with Gasteiger partial charge in [-0.3, -0.25) is 0 Å². The molecule has 54 heavy (non-hydrogen) atoms. The van der Waals surface area contributed by atoms with Gasteiger partial charge in [-0.25, -0.2) is 9.97 Å². The molecule has 10 aromatic rings. The second-order valence-electron chi connectivity index (χ2n) is 14.9. The molecule has 5 heterocycles. The molecule has 1 aliphatic rings. The zero-order valence-electron chi connectivity index (χ0n) is 30.6. The highest BCUT2D eigenvalue weighted by atomic mass is 32.1. The quantitative estimate of drug-likeness (QED) is 0.170. The maximum Gasteiger partial charge on any atom is 0.160 e. The Bertz CT molecular complexity index is 3270. The van der Waals surface area contributed by atoms with E-state index < -0.39 is 0 Å². The topological polar surface area (TPSA) is 35.6 Å². The Kier molecular flexibility index (Phi) is 6.57. The first-order valence-electron chi connectivity index (χ1n) is 18.7. The minimum atomic E-state index is -0.227. The molecule has 6 aromatic carbocycles. The molecule has 0 fully saturated rings. The third kappa shape index (κ3) is 4.19. The van der Waals surface area contributed by atoms with Crippen LogP contribution in [-0.2, 0) is 5.41 Å². The van der Waals surface area contributed by atoms with Gasteiger partial charge in [0.05, 0.1) is 43.7 Å². The predicted octanol–water partition coefficient (Wildman–Crippen LogP) is 13.5. The average molecular weight is 713 g/mol. The van der Waals surface area contributed by atoms with Crippen LogP contribution in [0.5, 0.6) is 0 Å². The smallest absolute Gasteiger partial charge is 0.160 e. The molecule has 1 aliphatic heterocycles. The Morgan fingerprint density at radius 1 is 0.630 bits per heavy atom. The molecule has 0 aliphatic carbocycles. The lowest BCUT2D eigenvalue weighted by atomic mass is 9.74. The lowest BCUT2D eigenvalue weighted by molar-refractivity contribution is 0.630. The van der Waals surface area contributed by atoms with Crippen LogP contribution in [-0.4, -0.2) is 19.1 Å². The number of para-hydroxylation sites is 3. The largest absolute Gasteiger partial charge is 0.310 e. The van der Waals surface area contributed by atoms with E-state index in [0.717, 1.165) is 39.2 Å². The lowest BCUT2D eigenvalue weighted by Gasteiger charge is -2.35. The Morgan fingerprint density at radius 2 is 1.37 bits per heavy atom. The van der Waals surface area contributed by atoms with Gasteiger partial charge in [-0.15, -0.1) is 11.3 Å². The molecular formula is C49H36N4S. The van der Waals surface area contributed by atoms with Crippen LogP contribution >= 0.6 is 11.3 Å². The van der Waals surface area contributed by atoms with Crippen LogP contribution in [0, 0.1) is 0 Å². The van der Waals surface area contributed by atoms with Crippen LogP contribution < -0.4 is 0 Å². The molecule has 11 rings (SSSR count). The number of thiophene rings is 1. The Balaban J connectivity index is 1.13. The maximum atomic E-state index is 5.42. The third-order valence-electron chi connectivity index (χ3n) is 11.6. The van der Waals surface area contributed by atoms with E-state index in [0.29, 0.717) is 0 Å². The van der Waals surface area contributed by atoms with Crippen LogP contribution in [0.3, 0.4) is 0 Å². The number of hydrogen-bond acceptors (Lipinski definition) is 3. The fourth-order valence-corrected chi connectivity index (χ4v) is 10.3. The molecule has 4 aromatic heterocycles. The van der Waals surface area contributed by atoms with Crippen molar-refractivity contribution >= 4 is 80.9 Å². The van der Waals surface area contributed by atoms with E-state index in [1.54, 1.807) is 0 Å². The summed E-state index contributed by atoms with van der Waals surface area (Å²) < 4.78 is 7.56. The first-order valence-corrected chi connectivity index (χ1v) is 19.5. The second kappa shape index (κ2) is 11.3. The van der Waals surface area contributed by atoms with E-state index in [9.17, 15) is 0 Å². The summed E-state index contributed by atoms with van der Waals surface area (Å²) in [5, 5.41) is 6.11. The van der Waals surface area contributed by atoms with Crippen molar-refractivity contribution in [3.8, 4) is 28.3 Å². The molecule has 5 heteroatoms. The van der Waals surface area contributed by atoms with Crippen LogP contribution in [0.1, 0.15) is 38.8 Å². The van der Waals surface area contributed by atoms with Crippen molar-refractivity contribution in [1.82, 2.24) is 19.1 Å². The number of fused-ring (bicyclic) bond motifs is 11. The molecule has 0 saturated carbocycles. The van der Waals surface area contributed by atoms with Gasteiger partial charge in [0.1, 0.15) is 0 Å². The number of aromatic nitrogens is 4. The van der Waals surface area contributed by atoms with Gasteiger partial charge in [-0.05, 0) is 79.6 Å². The van der Waals surface area contributed by atoms with Crippen LogP contribution in [0.2, 0.25) is 0 Å². The number of nitrogens with zero attached hydrogens (tertiary/aromatic N) is 4. The van der Waals surface area contributed by atoms with Gasteiger partial charge >= 0.3 is 0 Å². The van der Waals surface area contributed by atoms with Crippen molar-refractivity contribution < 1.29 is 0 Å². The standard InChI is InChI=1S/C49H36N4S/c1-5-14-31(6-2)52-40-21-11-8-15-32(40)36-27-29(23-25-41(36)52)44-33-16-7-10-20-39(33)50-48(51-44)30-24-26-42-38(28-30)49(3,4)37-19-13-18-35-45(37)53(42)46-34-17-9-12-22-43(34)54-47(35)46/h5-28H,1-4H3/b14-5-,31-6+. The summed E-state index contributed by atoms with van der Waals surface area (Å²) in [6.07, 6.45) is 6.45. The normalized spacial score (nSPS) is 14.1. The SMILES string of the molecule is C/C=C\C(=C/C)n1c2ccccc2c2cc(-c3nc(-c4ccc5c(c4)C(C)(C)c4cccc6c7sc8ccccc8c7n-5c46)nc4ccccc34)ccc21. The van der Waals surface area contributed by atoms with Gasteiger partial charge < -0.3 is 9.13 Å². The van der Waals surface area contributed by atoms with Crippen molar-refractivity contribution in [2.24, 2.45) is 0 Å².